The molecule has 0 spiro atoms. The number of aromatic nitrogens is 4. The molecule has 3 aromatic rings. The number of hydrogen-bond donors (Lipinski definition) is 0. The molecule has 0 bridgehead atoms. The normalized spacial score (nSPS) is 19.0. The Hall–Kier alpha value is -2.12. The third-order valence-electron chi connectivity index (χ3n) is 5.45. The molecular weight excluding hydrogens is 315 g/mol. The van der Waals surface area contributed by atoms with E-state index >= 15 is 0 Å². The van der Waals surface area contributed by atoms with Crippen molar-refractivity contribution >= 4 is 23.5 Å². The van der Waals surface area contributed by atoms with Crippen molar-refractivity contribution in [3.8, 4) is 11.4 Å². The van der Waals surface area contributed by atoms with Crippen LogP contribution in [0.4, 0.5) is 0 Å². The van der Waals surface area contributed by atoms with E-state index in [4.69, 9.17) is 9.31 Å². The van der Waals surface area contributed by atoms with E-state index in [2.05, 4.69) is 44.0 Å². The lowest BCUT2D eigenvalue weighted by Gasteiger charge is -2.32. The molecule has 3 heterocycles. The van der Waals surface area contributed by atoms with Crippen molar-refractivity contribution in [3.05, 3.63) is 30.5 Å². The predicted octanol–water partition coefficient (Wildman–Crippen LogP) is 2.27. The first-order valence-electron chi connectivity index (χ1n) is 8.50. The topological polar surface area (TPSA) is 54.1 Å². The zero-order valence-corrected chi connectivity index (χ0v) is 15.6. The second-order valence-corrected chi connectivity index (χ2v) is 7.68. The Labute approximate surface area is 147 Å². The van der Waals surface area contributed by atoms with Gasteiger partial charge >= 0.3 is 7.12 Å². The summed E-state index contributed by atoms with van der Waals surface area (Å²) >= 11 is 0. The summed E-state index contributed by atoms with van der Waals surface area (Å²) in [6.45, 7) is 8.26. The van der Waals surface area contributed by atoms with Crippen LogP contribution in [0, 0.1) is 0 Å². The summed E-state index contributed by atoms with van der Waals surface area (Å²) in [5.41, 5.74) is 3.30. The molecule has 1 aromatic carbocycles. The van der Waals surface area contributed by atoms with Crippen molar-refractivity contribution in [3.63, 3.8) is 0 Å². The van der Waals surface area contributed by atoms with Crippen molar-refractivity contribution in [1.82, 2.24) is 19.6 Å². The highest BCUT2D eigenvalue weighted by atomic mass is 16.7. The van der Waals surface area contributed by atoms with E-state index in [-0.39, 0.29) is 18.3 Å². The molecule has 1 fully saturated rings. The highest BCUT2D eigenvalue weighted by molar-refractivity contribution is 6.62. The first-order valence-corrected chi connectivity index (χ1v) is 8.50. The van der Waals surface area contributed by atoms with Gasteiger partial charge < -0.3 is 9.31 Å². The summed E-state index contributed by atoms with van der Waals surface area (Å²) < 4.78 is 16.1. The smallest absolute Gasteiger partial charge is 0.399 e. The average molecular weight is 338 g/mol. The van der Waals surface area contributed by atoms with Crippen LogP contribution in [-0.2, 0) is 23.4 Å². The summed E-state index contributed by atoms with van der Waals surface area (Å²) in [6, 6.07) is 8.17. The van der Waals surface area contributed by atoms with Crippen LogP contribution < -0.4 is 5.46 Å². The Balaban J connectivity index is 1.83. The van der Waals surface area contributed by atoms with Gasteiger partial charge in [0.25, 0.3) is 0 Å². The maximum absolute atomic E-state index is 6.19. The van der Waals surface area contributed by atoms with Crippen LogP contribution in [0.3, 0.4) is 0 Å². The number of benzene rings is 1. The van der Waals surface area contributed by atoms with Crippen LogP contribution in [0.5, 0.6) is 0 Å². The Morgan fingerprint density at radius 3 is 2.24 bits per heavy atom. The minimum absolute atomic E-state index is 0.355. The Morgan fingerprint density at radius 1 is 0.960 bits per heavy atom. The Kier molecular flexibility index (Phi) is 3.40. The van der Waals surface area contributed by atoms with Crippen molar-refractivity contribution in [2.24, 2.45) is 14.1 Å². The molecule has 0 N–H and O–H groups in total. The lowest BCUT2D eigenvalue weighted by molar-refractivity contribution is 0.00578. The second-order valence-electron chi connectivity index (χ2n) is 7.68. The van der Waals surface area contributed by atoms with Crippen LogP contribution >= 0.6 is 0 Å². The van der Waals surface area contributed by atoms with E-state index in [1.54, 1.807) is 6.20 Å². The van der Waals surface area contributed by atoms with Gasteiger partial charge in [-0.2, -0.15) is 10.2 Å². The number of rotatable bonds is 2. The minimum Gasteiger partial charge on any atom is -0.399 e. The molecule has 0 unspecified atom stereocenters. The first kappa shape index (κ1) is 16.4. The highest BCUT2D eigenvalue weighted by Gasteiger charge is 2.51. The fraction of sp³-hybridized carbons (Fsp3) is 0.444. The van der Waals surface area contributed by atoms with Gasteiger partial charge in [0.1, 0.15) is 0 Å². The average Bonchev–Trinajstić information content (AvgIpc) is 3.12. The summed E-state index contributed by atoms with van der Waals surface area (Å²) in [4.78, 5) is 0. The van der Waals surface area contributed by atoms with Crippen molar-refractivity contribution in [2.45, 2.75) is 38.9 Å². The van der Waals surface area contributed by atoms with Crippen molar-refractivity contribution < 1.29 is 9.31 Å². The largest absolute Gasteiger partial charge is 0.494 e. The Morgan fingerprint density at radius 2 is 1.64 bits per heavy atom. The van der Waals surface area contributed by atoms with Crippen molar-refractivity contribution in [2.75, 3.05) is 0 Å². The van der Waals surface area contributed by atoms with Gasteiger partial charge in [-0.3, -0.25) is 9.36 Å². The molecular formula is C18H23BN4O2. The summed E-state index contributed by atoms with van der Waals surface area (Å²) in [5, 5.41) is 9.98. The first-order chi connectivity index (χ1) is 11.7. The minimum atomic E-state index is -0.381. The van der Waals surface area contributed by atoms with E-state index in [0.717, 1.165) is 27.8 Å². The van der Waals surface area contributed by atoms with E-state index < -0.39 is 0 Å². The van der Waals surface area contributed by atoms with Gasteiger partial charge in [-0.1, -0.05) is 12.1 Å². The molecule has 6 nitrogen and oxygen atoms in total. The molecule has 0 aliphatic carbocycles. The van der Waals surface area contributed by atoms with Gasteiger partial charge in [0, 0.05) is 25.7 Å². The highest BCUT2D eigenvalue weighted by Crippen LogP contribution is 2.37. The second kappa shape index (κ2) is 5.19. The van der Waals surface area contributed by atoms with E-state index in [9.17, 15) is 0 Å². The predicted molar refractivity (Wildman–Crippen MR) is 98.6 cm³/mol. The summed E-state index contributed by atoms with van der Waals surface area (Å²) in [7, 11) is 3.51. The lowest BCUT2D eigenvalue weighted by Crippen LogP contribution is -2.41. The van der Waals surface area contributed by atoms with Crippen molar-refractivity contribution in [1.29, 1.82) is 0 Å². The van der Waals surface area contributed by atoms with Gasteiger partial charge in [-0.05, 0) is 45.3 Å². The molecule has 7 heteroatoms. The summed E-state index contributed by atoms with van der Waals surface area (Å²) in [6.07, 6.45) is 1.80. The fourth-order valence-electron chi connectivity index (χ4n) is 3.25. The quantitative estimate of drug-likeness (QED) is 0.673. The third kappa shape index (κ3) is 2.41. The van der Waals surface area contributed by atoms with E-state index in [0.29, 0.717) is 0 Å². The van der Waals surface area contributed by atoms with Gasteiger partial charge in [-0.25, -0.2) is 0 Å². The molecule has 0 saturated carbocycles. The standard InChI is InChI=1S/C18H23BN4O2/c1-17(2)18(3,4)25-19(24-17)12-7-8-14-13(11-12)16(23(6)21-14)15-9-10-20-22(15)5/h7-11H,1-6H3. The van der Waals surface area contributed by atoms with E-state index in [1.165, 1.54) is 0 Å². The maximum atomic E-state index is 6.19. The number of fused-ring (bicyclic) bond motifs is 1. The monoisotopic (exact) mass is 338 g/mol. The lowest BCUT2D eigenvalue weighted by atomic mass is 9.78. The van der Waals surface area contributed by atoms with Crippen LogP contribution in [0.25, 0.3) is 22.3 Å². The molecule has 0 atom stereocenters. The molecule has 130 valence electrons. The maximum Gasteiger partial charge on any atom is 0.494 e. The van der Waals surface area contributed by atoms with Crippen LogP contribution in [0.1, 0.15) is 27.7 Å². The van der Waals surface area contributed by atoms with E-state index in [1.807, 2.05) is 41.7 Å². The molecule has 0 amide bonds. The Bertz CT molecular complexity index is 941. The molecule has 0 radical (unpaired) electrons. The molecule has 1 aliphatic rings. The van der Waals surface area contributed by atoms with Crippen LogP contribution in [0.2, 0.25) is 0 Å². The number of nitrogens with zero attached hydrogens (tertiary/aromatic N) is 4. The zero-order valence-electron chi connectivity index (χ0n) is 15.6. The van der Waals surface area contributed by atoms with Gasteiger partial charge in [0.05, 0.1) is 28.1 Å². The van der Waals surface area contributed by atoms with Gasteiger partial charge in [0.2, 0.25) is 0 Å². The number of hydrogen-bond acceptors (Lipinski definition) is 4. The van der Waals surface area contributed by atoms with Gasteiger partial charge in [0.15, 0.2) is 0 Å². The summed E-state index contributed by atoms with van der Waals surface area (Å²) in [5.74, 6) is 0. The number of aryl methyl sites for hydroxylation is 2. The van der Waals surface area contributed by atoms with Gasteiger partial charge in [-0.15, -0.1) is 0 Å². The third-order valence-corrected chi connectivity index (χ3v) is 5.45. The zero-order chi connectivity index (χ0) is 18.0. The molecule has 25 heavy (non-hydrogen) atoms. The van der Waals surface area contributed by atoms with Crippen LogP contribution in [-0.4, -0.2) is 37.9 Å². The fourth-order valence-corrected chi connectivity index (χ4v) is 3.25. The van der Waals surface area contributed by atoms with Crippen LogP contribution in [0.15, 0.2) is 30.5 Å². The molecule has 1 aliphatic heterocycles. The SMILES string of the molecule is Cn1nccc1-c1c2cc(B3OC(C)(C)C(C)(C)O3)ccc2nn1C. The molecule has 1 saturated heterocycles. The molecule has 4 rings (SSSR count). The molecule has 2 aromatic heterocycles.